The van der Waals surface area contributed by atoms with Gasteiger partial charge in [-0.05, 0) is 31.9 Å². The maximum Gasteiger partial charge on any atom is 0.309 e. The van der Waals surface area contributed by atoms with Crippen LogP contribution in [-0.4, -0.2) is 31.4 Å². The molecular weight excluding hydrogens is 266 g/mol. The molecule has 0 saturated carbocycles. The summed E-state index contributed by atoms with van der Waals surface area (Å²) in [5.74, 6) is 0.0726. The van der Waals surface area contributed by atoms with Gasteiger partial charge in [0.2, 0.25) is 0 Å². The molecule has 0 aliphatic carbocycles. The minimum atomic E-state index is -0.0879. The zero-order valence-electron chi connectivity index (χ0n) is 12.8. The molecule has 0 N–H and O–H groups in total. The number of anilines is 1. The highest BCUT2D eigenvalue weighted by molar-refractivity contribution is 6.01. The molecule has 114 valence electrons. The zero-order chi connectivity index (χ0) is 15.2. The Kier molecular flexibility index (Phi) is 5.37. The molecule has 1 aliphatic heterocycles. The second-order valence-corrected chi connectivity index (χ2v) is 5.31. The number of carbonyl (C=O) groups is 2. The first kappa shape index (κ1) is 15.5. The fourth-order valence-electron chi connectivity index (χ4n) is 2.79. The van der Waals surface area contributed by atoms with Crippen LogP contribution in [0.1, 0.15) is 43.5 Å². The van der Waals surface area contributed by atoms with Crippen LogP contribution < -0.4 is 4.90 Å². The first-order chi connectivity index (χ1) is 10.2. The van der Waals surface area contributed by atoms with E-state index in [1.54, 1.807) is 0 Å². The molecule has 21 heavy (non-hydrogen) atoms. The number of esters is 1. The third kappa shape index (κ3) is 3.63. The number of ketones is 1. The molecule has 4 nitrogen and oxygen atoms in total. The van der Waals surface area contributed by atoms with Gasteiger partial charge in [0.25, 0.3) is 0 Å². The Morgan fingerprint density at radius 1 is 1.19 bits per heavy atom. The van der Waals surface area contributed by atoms with Crippen molar-refractivity contribution in [2.45, 2.75) is 33.1 Å². The standard InChI is InChI=1S/C17H23NO3/c1-3-16(19)14-7-5-6-8-15(14)18-11-9-13(10-12-18)17(20)21-4-2/h5-8,13H,3-4,9-12H2,1-2H3. The monoisotopic (exact) mass is 289 g/mol. The average Bonchev–Trinajstić information content (AvgIpc) is 2.54. The van der Waals surface area contributed by atoms with Crippen LogP contribution in [0, 0.1) is 5.92 Å². The molecule has 1 fully saturated rings. The minimum absolute atomic E-state index is 0.00441. The first-order valence-electron chi connectivity index (χ1n) is 7.71. The predicted octanol–water partition coefficient (Wildman–Crippen LogP) is 3.06. The van der Waals surface area contributed by atoms with Crippen molar-refractivity contribution in [3.8, 4) is 0 Å². The van der Waals surface area contributed by atoms with Gasteiger partial charge in [0.05, 0.1) is 12.5 Å². The van der Waals surface area contributed by atoms with Crippen molar-refractivity contribution in [1.29, 1.82) is 0 Å². The van der Waals surface area contributed by atoms with Crippen molar-refractivity contribution < 1.29 is 14.3 Å². The van der Waals surface area contributed by atoms with E-state index in [1.165, 1.54) is 0 Å². The largest absolute Gasteiger partial charge is 0.466 e. The lowest BCUT2D eigenvalue weighted by molar-refractivity contribution is -0.148. The normalized spacial score (nSPS) is 15.8. The fourth-order valence-corrected chi connectivity index (χ4v) is 2.79. The van der Waals surface area contributed by atoms with Crippen LogP contribution >= 0.6 is 0 Å². The summed E-state index contributed by atoms with van der Waals surface area (Å²) in [6, 6.07) is 7.74. The zero-order valence-corrected chi connectivity index (χ0v) is 12.8. The second-order valence-electron chi connectivity index (χ2n) is 5.31. The summed E-state index contributed by atoms with van der Waals surface area (Å²) < 4.78 is 5.09. The summed E-state index contributed by atoms with van der Waals surface area (Å²) in [6.45, 7) is 5.73. The van der Waals surface area contributed by atoms with Gasteiger partial charge in [-0.25, -0.2) is 0 Å². The summed E-state index contributed by atoms with van der Waals surface area (Å²) in [5, 5.41) is 0. The number of rotatable bonds is 5. The number of Topliss-reactive ketones (excluding diaryl/α,β-unsaturated/α-hetero) is 1. The van der Waals surface area contributed by atoms with Crippen molar-refractivity contribution in [3.05, 3.63) is 29.8 Å². The quantitative estimate of drug-likeness (QED) is 0.617. The molecule has 0 spiro atoms. The van der Waals surface area contributed by atoms with Crippen molar-refractivity contribution in [3.63, 3.8) is 0 Å². The Morgan fingerprint density at radius 3 is 2.48 bits per heavy atom. The summed E-state index contributed by atoms with van der Waals surface area (Å²) in [7, 11) is 0. The van der Waals surface area contributed by atoms with Gasteiger partial charge in [-0.3, -0.25) is 9.59 Å². The van der Waals surface area contributed by atoms with Crippen LogP contribution in [0.25, 0.3) is 0 Å². The van der Waals surface area contributed by atoms with Gasteiger partial charge >= 0.3 is 5.97 Å². The summed E-state index contributed by atoms with van der Waals surface area (Å²) >= 11 is 0. The van der Waals surface area contributed by atoms with Gasteiger partial charge in [0, 0.05) is 30.8 Å². The van der Waals surface area contributed by atoms with E-state index in [9.17, 15) is 9.59 Å². The van der Waals surface area contributed by atoms with Crippen molar-refractivity contribution in [1.82, 2.24) is 0 Å². The van der Waals surface area contributed by atoms with Crippen LogP contribution in [0.5, 0.6) is 0 Å². The van der Waals surface area contributed by atoms with Gasteiger partial charge in [-0.2, -0.15) is 0 Å². The van der Waals surface area contributed by atoms with E-state index < -0.39 is 0 Å². The van der Waals surface area contributed by atoms with E-state index >= 15 is 0 Å². The highest BCUT2D eigenvalue weighted by atomic mass is 16.5. The third-order valence-electron chi connectivity index (χ3n) is 3.98. The number of para-hydroxylation sites is 1. The van der Waals surface area contributed by atoms with Crippen molar-refractivity contribution in [2.75, 3.05) is 24.6 Å². The Morgan fingerprint density at radius 2 is 1.86 bits per heavy atom. The average molecular weight is 289 g/mol. The van der Waals surface area contributed by atoms with E-state index in [4.69, 9.17) is 4.74 Å². The number of nitrogens with zero attached hydrogens (tertiary/aromatic N) is 1. The van der Waals surface area contributed by atoms with Gasteiger partial charge in [0.1, 0.15) is 0 Å². The molecule has 0 bridgehead atoms. The number of piperidine rings is 1. The van der Waals surface area contributed by atoms with Crippen molar-refractivity contribution >= 4 is 17.4 Å². The maximum absolute atomic E-state index is 12.0. The van der Waals surface area contributed by atoms with E-state index in [-0.39, 0.29) is 17.7 Å². The predicted molar refractivity (Wildman–Crippen MR) is 82.6 cm³/mol. The van der Waals surface area contributed by atoms with Crippen molar-refractivity contribution in [2.24, 2.45) is 5.92 Å². The van der Waals surface area contributed by atoms with E-state index in [0.717, 1.165) is 37.2 Å². The molecule has 1 aromatic carbocycles. The molecule has 0 amide bonds. The van der Waals surface area contributed by atoms with E-state index in [1.807, 2.05) is 38.1 Å². The number of hydrogen-bond donors (Lipinski definition) is 0. The summed E-state index contributed by atoms with van der Waals surface area (Å²) in [6.07, 6.45) is 2.08. The van der Waals surface area contributed by atoms with Crippen LogP contribution in [0.4, 0.5) is 5.69 Å². The molecule has 1 aromatic rings. The number of hydrogen-bond acceptors (Lipinski definition) is 4. The van der Waals surface area contributed by atoms with E-state index in [2.05, 4.69) is 4.90 Å². The minimum Gasteiger partial charge on any atom is -0.466 e. The Balaban J connectivity index is 2.06. The Bertz CT molecular complexity index is 505. The second kappa shape index (κ2) is 7.25. The summed E-state index contributed by atoms with van der Waals surface area (Å²) in [4.78, 5) is 26.0. The summed E-state index contributed by atoms with van der Waals surface area (Å²) in [5.41, 5.74) is 1.78. The van der Waals surface area contributed by atoms with Crippen LogP contribution in [-0.2, 0) is 9.53 Å². The van der Waals surface area contributed by atoms with Gasteiger partial charge in [-0.15, -0.1) is 0 Å². The van der Waals surface area contributed by atoms with Crippen LogP contribution in [0.2, 0.25) is 0 Å². The molecule has 0 radical (unpaired) electrons. The smallest absolute Gasteiger partial charge is 0.309 e. The van der Waals surface area contributed by atoms with Gasteiger partial charge in [0.15, 0.2) is 5.78 Å². The molecular formula is C17H23NO3. The number of ether oxygens (including phenoxy) is 1. The van der Waals surface area contributed by atoms with Crippen LogP contribution in [0.3, 0.4) is 0 Å². The van der Waals surface area contributed by atoms with Crippen LogP contribution in [0.15, 0.2) is 24.3 Å². The molecule has 1 aliphatic rings. The lowest BCUT2D eigenvalue weighted by atomic mass is 9.95. The first-order valence-corrected chi connectivity index (χ1v) is 7.71. The lowest BCUT2D eigenvalue weighted by Gasteiger charge is -2.33. The van der Waals surface area contributed by atoms with Gasteiger partial charge < -0.3 is 9.64 Å². The molecule has 4 heteroatoms. The number of carbonyl (C=O) groups excluding carboxylic acids is 2. The SMILES string of the molecule is CCOC(=O)C1CCN(c2ccccc2C(=O)CC)CC1. The Labute approximate surface area is 126 Å². The third-order valence-corrected chi connectivity index (χ3v) is 3.98. The molecule has 0 unspecified atom stereocenters. The van der Waals surface area contributed by atoms with Gasteiger partial charge in [-0.1, -0.05) is 19.1 Å². The molecule has 1 saturated heterocycles. The highest BCUT2D eigenvalue weighted by Crippen LogP contribution is 2.27. The molecule has 2 rings (SSSR count). The number of benzene rings is 1. The molecule has 0 aromatic heterocycles. The molecule has 1 heterocycles. The fraction of sp³-hybridized carbons (Fsp3) is 0.529. The lowest BCUT2D eigenvalue weighted by Crippen LogP contribution is -2.37. The van der Waals surface area contributed by atoms with E-state index in [0.29, 0.717) is 13.0 Å². The highest BCUT2D eigenvalue weighted by Gasteiger charge is 2.27. The maximum atomic E-state index is 12.0. The Hall–Kier alpha value is -1.84. The topological polar surface area (TPSA) is 46.6 Å². The molecule has 0 atom stereocenters.